The van der Waals surface area contributed by atoms with Gasteiger partial charge >= 0.3 is 5.97 Å². The summed E-state index contributed by atoms with van der Waals surface area (Å²) in [5.74, 6) is -1.86. The molecule has 4 N–H and O–H groups in total. The van der Waals surface area contributed by atoms with E-state index >= 15 is 0 Å². The summed E-state index contributed by atoms with van der Waals surface area (Å²) in [6.45, 7) is 3.27. The minimum Gasteiger partial charge on any atom is -0.425 e. The lowest BCUT2D eigenvalue weighted by Gasteiger charge is -2.27. The number of carbonyl (C=O) groups is 2. The van der Waals surface area contributed by atoms with Gasteiger partial charge in [0.2, 0.25) is 5.91 Å². The zero-order valence-corrected chi connectivity index (χ0v) is 9.84. The first-order valence-corrected chi connectivity index (χ1v) is 5.25. The van der Waals surface area contributed by atoms with Crippen molar-refractivity contribution in [2.24, 2.45) is 17.4 Å². The van der Waals surface area contributed by atoms with E-state index in [0.717, 1.165) is 0 Å². The van der Waals surface area contributed by atoms with E-state index in [9.17, 15) is 9.59 Å². The minimum absolute atomic E-state index is 0.328. The lowest BCUT2D eigenvalue weighted by molar-refractivity contribution is -0.147. The smallest absolute Gasteiger partial charge is 0.341 e. The largest absolute Gasteiger partial charge is 0.425 e. The summed E-state index contributed by atoms with van der Waals surface area (Å²) < 4.78 is 5.04. The fraction of sp³-hybridized carbons (Fsp3) is 0.333. The van der Waals surface area contributed by atoms with E-state index in [1.807, 2.05) is 0 Å². The van der Waals surface area contributed by atoms with Crippen LogP contribution in [0.5, 0.6) is 5.75 Å². The molecule has 0 aliphatic carbocycles. The van der Waals surface area contributed by atoms with Gasteiger partial charge in [-0.05, 0) is 18.1 Å². The number of hydrogen-bond donors (Lipinski definition) is 2. The predicted molar refractivity (Wildman–Crippen MR) is 63.0 cm³/mol. The van der Waals surface area contributed by atoms with Gasteiger partial charge in [0.15, 0.2) is 5.54 Å². The molecule has 0 aliphatic rings. The maximum Gasteiger partial charge on any atom is 0.341 e. The molecule has 1 aromatic carbocycles. The van der Waals surface area contributed by atoms with Gasteiger partial charge in [-0.3, -0.25) is 4.79 Å². The van der Waals surface area contributed by atoms with Gasteiger partial charge in [-0.2, -0.15) is 0 Å². The lowest BCUT2D eigenvalue weighted by atomic mass is 9.87. The van der Waals surface area contributed by atoms with Crippen LogP contribution in [0.25, 0.3) is 0 Å². The van der Waals surface area contributed by atoms with E-state index in [2.05, 4.69) is 0 Å². The standard InChI is InChI=1S/C12H16N2O3/c1-8(2)12(14,10(13)15)11(16)17-9-6-4-3-5-7-9/h3-8H,14H2,1-2H3,(H2,13,15)/t12-/m0/s1. The Hall–Kier alpha value is -1.88. The van der Waals surface area contributed by atoms with E-state index in [-0.39, 0.29) is 0 Å². The molecule has 0 radical (unpaired) electrons. The molecule has 0 spiro atoms. The van der Waals surface area contributed by atoms with Crippen LogP contribution < -0.4 is 16.2 Å². The molecule has 0 aromatic heterocycles. The summed E-state index contributed by atoms with van der Waals surface area (Å²) in [5.41, 5.74) is 9.08. The van der Waals surface area contributed by atoms with Crippen molar-refractivity contribution in [3.8, 4) is 5.75 Å². The molecule has 1 amide bonds. The molecule has 0 heterocycles. The van der Waals surface area contributed by atoms with Gasteiger partial charge in [0, 0.05) is 0 Å². The van der Waals surface area contributed by atoms with Gasteiger partial charge < -0.3 is 16.2 Å². The summed E-state index contributed by atoms with van der Waals surface area (Å²) in [4.78, 5) is 23.2. The SMILES string of the molecule is CC(C)[C@](N)(C(N)=O)C(=O)Oc1ccccc1. The molecule has 0 unspecified atom stereocenters. The van der Waals surface area contributed by atoms with Crippen LogP contribution in [-0.2, 0) is 9.59 Å². The Morgan fingerprint density at radius 3 is 2.18 bits per heavy atom. The van der Waals surface area contributed by atoms with Crippen molar-refractivity contribution >= 4 is 11.9 Å². The fourth-order valence-electron chi connectivity index (χ4n) is 1.30. The third-order valence-electron chi connectivity index (χ3n) is 2.61. The van der Waals surface area contributed by atoms with Crippen LogP contribution in [0.15, 0.2) is 30.3 Å². The topological polar surface area (TPSA) is 95.4 Å². The molecule has 0 fully saturated rings. The first kappa shape index (κ1) is 13.2. The van der Waals surface area contributed by atoms with E-state index in [1.54, 1.807) is 44.2 Å². The molecule has 0 bridgehead atoms. The number of carbonyl (C=O) groups excluding carboxylic acids is 2. The van der Waals surface area contributed by atoms with Gasteiger partial charge in [-0.15, -0.1) is 0 Å². The maximum absolute atomic E-state index is 11.9. The number of nitrogens with two attached hydrogens (primary N) is 2. The Morgan fingerprint density at radius 2 is 1.76 bits per heavy atom. The van der Waals surface area contributed by atoms with E-state index < -0.39 is 23.3 Å². The first-order valence-electron chi connectivity index (χ1n) is 5.25. The second kappa shape index (κ2) is 4.97. The van der Waals surface area contributed by atoms with Crippen LogP contribution in [0.2, 0.25) is 0 Å². The zero-order chi connectivity index (χ0) is 13.1. The molecule has 17 heavy (non-hydrogen) atoms. The zero-order valence-electron chi connectivity index (χ0n) is 9.84. The van der Waals surface area contributed by atoms with Crippen LogP contribution in [0, 0.1) is 5.92 Å². The molecule has 92 valence electrons. The molecule has 5 heteroatoms. The van der Waals surface area contributed by atoms with Crippen molar-refractivity contribution in [2.75, 3.05) is 0 Å². The molecular formula is C12H16N2O3. The number of benzene rings is 1. The predicted octanol–water partition coefficient (Wildman–Crippen LogP) is 0.431. The molecule has 1 atom stereocenters. The molecule has 5 nitrogen and oxygen atoms in total. The van der Waals surface area contributed by atoms with Crippen molar-refractivity contribution in [1.29, 1.82) is 0 Å². The normalized spacial score (nSPS) is 14.1. The maximum atomic E-state index is 11.9. The molecule has 0 saturated heterocycles. The van der Waals surface area contributed by atoms with Crippen molar-refractivity contribution in [3.63, 3.8) is 0 Å². The third-order valence-corrected chi connectivity index (χ3v) is 2.61. The average Bonchev–Trinajstić information content (AvgIpc) is 2.28. The second-order valence-corrected chi connectivity index (χ2v) is 4.09. The van der Waals surface area contributed by atoms with E-state index in [4.69, 9.17) is 16.2 Å². The first-order chi connectivity index (χ1) is 7.89. The number of esters is 1. The summed E-state index contributed by atoms with van der Waals surface area (Å²) in [7, 11) is 0. The summed E-state index contributed by atoms with van der Waals surface area (Å²) in [6, 6.07) is 8.39. The quantitative estimate of drug-likeness (QED) is 0.450. The van der Waals surface area contributed by atoms with Gasteiger partial charge in [0.1, 0.15) is 5.75 Å². The van der Waals surface area contributed by atoms with Crippen LogP contribution in [0.1, 0.15) is 13.8 Å². The Balaban J connectivity index is 2.92. The minimum atomic E-state index is -1.81. The fourth-order valence-corrected chi connectivity index (χ4v) is 1.30. The monoisotopic (exact) mass is 236 g/mol. The van der Waals surface area contributed by atoms with Crippen LogP contribution >= 0.6 is 0 Å². The van der Waals surface area contributed by atoms with Crippen LogP contribution in [0.3, 0.4) is 0 Å². The van der Waals surface area contributed by atoms with Crippen molar-refractivity contribution in [3.05, 3.63) is 30.3 Å². The van der Waals surface area contributed by atoms with Crippen molar-refractivity contribution < 1.29 is 14.3 Å². The number of amides is 1. The Labute approximate surface area is 99.7 Å². The number of primary amides is 1. The van der Waals surface area contributed by atoms with Gasteiger partial charge in [0.05, 0.1) is 0 Å². The van der Waals surface area contributed by atoms with Crippen molar-refractivity contribution in [2.45, 2.75) is 19.4 Å². The Kier molecular flexibility index (Phi) is 3.85. The third kappa shape index (κ3) is 2.62. The molecule has 1 rings (SSSR count). The highest BCUT2D eigenvalue weighted by Gasteiger charge is 2.45. The number of ether oxygens (including phenoxy) is 1. The van der Waals surface area contributed by atoms with Gasteiger partial charge in [-0.25, -0.2) is 4.79 Å². The highest BCUT2D eigenvalue weighted by molar-refractivity contribution is 6.07. The summed E-state index contributed by atoms with van der Waals surface area (Å²) >= 11 is 0. The van der Waals surface area contributed by atoms with Crippen molar-refractivity contribution in [1.82, 2.24) is 0 Å². The molecule has 0 aliphatic heterocycles. The summed E-state index contributed by atoms with van der Waals surface area (Å²) in [5, 5.41) is 0. The van der Waals surface area contributed by atoms with E-state index in [0.29, 0.717) is 5.75 Å². The Bertz CT molecular complexity index is 417. The number of rotatable bonds is 4. The van der Waals surface area contributed by atoms with Gasteiger partial charge in [0.25, 0.3) is 0 Å². The molecular weight excluding hydrogens is 220 g/mol. The summed E-state index contributed by atoms with van der Waals surface area (Å²) in [6.07, 6.45) is 0. The lowest BCUT2D eigenvalue weighted by Crippen LogP contribution is -2.63. The second-order valence-electron chi connectivity index (χ2n) is 4.09. The Morgan fingerprint density at radius 1 is 1.24 bits per heavy atom. The van der Waals surface area contributed by atoms with E-state index in [1.165, 1.54) is 0 Å². The van der Waals surface area contributed by atoms with Crippen LogP contribution in [-0.4, -0.2) is 17.4 Å². The average molecular weight is 236 g/mol. The number of hydrogen-bond acceptors (Lipinski definition) is 4. The van der Waals surface area contributed by atoms with Gasteiger partial charge in [-0.1, -0.05) is 32.0 Å². The number of para-hydroxylation sites is 1. The molecule has 1 aromatic rings. The highest BCUT2D eigenvalue weighted by atomic mass is 16.5. The molecule has 0 saturated carbocycles. The van der Waals surface area contributed by atoms with Crippen LogP contribution in [0.4, 0.5) is 0 Å². The highest BCUT2D eigenvalue weighted by Crippen LogP contribution is 2.18.